The maximum Gasteiger partial charge on any atom is 1.00 e. The molecule has 0 heterocycles. The molecule has 0 saturated carbocycles. The number of hydrogen-bond donors (Lipinski definition) is 0. The number of para-hydroxylation sites is 2. The first-order chi connectivity index (χ1) is 14.7. The Balaban J connectivity index is 0.00000242. The van der Waals surface area contributed by atoms with Crippen molar-refractivity contribution in [3.05, 3.63) is 75.7 Å². The van der Waals surface area contributed by atoms with Gasteiger partial charge >= 0.3 is 29.4 Å². The van der Waals surface area contributed by atoms with E-state index in [1.165, 1.54) is 58.9 Å². The number of alkyl halides is 6. The predicted octanol–water partition coefficient (Wildman–Crippen LogP) is 8.23. The SMILES string of the molecule is CC#N.Cc1cccc(C)c1N=C(/C=C(\[N-]c1c(C)cccc1C)C(F)(F)F)C(F)(F)F.[Cu+]. The molecule has 2 rings (SSSR count). The van der Waals surface area contributed by atoms with Crippen molar-refractivity contribution in [3.63, 3.8) is 0 Å². The van der Waals surface area contributed by atoms with Gasteiger partial charge in [0.25, 0.3) is 0 Å². The molecule has 0 radical (unpaired) electrons. The molecule has 10 heteroatoms. The fourth-order valence-electron chi connectivity index (χ4n) is 2.69. The first-order valence-electron chi connectivity index (χ1n) is 9.32. The molecule has 2 aromatic carbocycles. The van der Waals surface area contributed by atoms with Gasteiger partial charge in [-0.2, -0.15) is 31.6 Å². The molecular weight excluding hydrogens is 496 g/mol. The van der Waals surface area contributed by atoms with Crippen LogP contribution in [-0.4, -0.2) is 18.1 Å². The van der Waals surface area contributed by atoms with Crippen molar-refractivity contribution in [2.45, 2.75) is 47.0 Å². The van der Waals surface area contributed by atoms with Crippen LogP contribution in [0.4, 0.5) is 37.7 Å². The zero-order valence-corrected chi connectivity index (χ0v) is 19.4. The molecule has 0 aromatic heterocycles. The molecule has 0 aliphatic rings. The number of allylic oxidation sites excluding steroid dienone is 2. The number of nitriles is 1. The summed E-state index contributed by atoms with van der Waals surface area (Å²) in [6, 6.07) is 11.2. The normalized spacial score (nSPS) is 12.2. The van der Waals surface area contributed by atoms with Gasteiger partial charge in [-0.25, -0.2) is 4.99 Å². The molecule has 0 aliphatic heterocycles. The number of aliphatic imine (C=N–C) groups is 1. The van der Waals surface area contributed by atoms with E-state index >= 15 is 0 Å². The van der Waals surface area contributed by atoms with Gasteiger partial charge in [0.05, 0.1) is 11.8 Å². The van der Waals surface area contributed by atoms with Gasteiger partial charge in [-0.1, -0.05) is 53.2 Å². The molecule has 0 N–H and O–H groups in total. The Kier molecular flexibility index (Phi) is 11.4. The van der Waals surface area contributed by atoms with Gasteiger partial charge in [0, 0.05) is 6.92 Å². The van der Waals surface area contributed by atoms with Crippen molar-refractivity contribution in [2.75, 3.05) is 0 Å². The topological polar surface area (TPSA) is 50.2 Å². The van der Waals surface area contributed by atoms with Crippen LogP contribution in [-0.2, 0) is 17.1 Å². The maximum absolute atomic E-state index is 13.5. The van der Waals surface area contributed by atoms with Crippen LogP contribution in [0.2, 0.25) is 0 Å². The summed E-state index contributed by atoms with van der Waals surface area (Å²) in [4.78, 5) is 3.52. The molecule has 2 aromatic rings. The van der Waals surface area contributed by atoms with Gasteiger partial charge in [0.15, 0.2) is 0 Å². The van der Waals surface area contributed by atoms with Gasteiger partial charge in [0.2, 0.25) is 0 Å². The van der Waals surface area contributed by atoms with E-state index in [0.717, 1.165) is 0 Å². The Morgan fingerprint density at radius 2 is 1.24 bits per heavy atom. The van der Waals surface area contributed by atoms with Crippen LogP contribution in [0.3, 0.4) is 0 Å². The summed E-state index contributed by atoms with van der Waals surface area (Å²) in [7, 11) is 0. The van der Waals surface area contributed by atoms with Crippen LogP contribution in [0.1, 0.15) is 29.2 Å². The van der Waals surface area contributed by atoms with E-state index in [1.807, 2.05) is 0 Å². The number of benzene rings is 2. The second kappa shape index (κ2) is 12.5. The van der Waals surface area contributed by atoms with Crippen molar-refractivity contribution < 1.29 is 43.4 Å². The van der Waals surface area contributed by atoms with Crippen LogP contribution >= 0.6 is 0 Å². The number of hydrogen-bond acceptors (Lipinski definition) is 2. The van der Waals surface area contributed by atoms with E-state index in [0.29, 0.717) is 22.3 Å². The zero-order chi connectivity index (χ0) is 24.7. The third-order valence-electron chi connectivity index (χ3n) is 4.20. The van der Waals surface area contributed by atoms with Crippen LogP contribution in [0.5, 0.6) is 0 Å². The molecule has 33 heavy (non-hydrogen) atoms. The number of nitrogens with zero attached hydrogens (tertiary/aromatic N) is 3. The summed E-state index contributed by atoms with van der Waals surface area (Å²) in [6.07, 6.45) is -10.2. The quantitative estimate of drug-likeness (QED) is 0.229. The van der Waals surface area contributed by atoms with E-state index in [9.17, 15) is 26.3 Å². The van der Waals surface area contributed by atoms with E-state index in [2.05, 4.69) is 10.3 Å². The zero-order valence-electron chi connectivity index (χ0n) is 18.5. The number of halogens is 6. The molecule has 0 amide bonds. The van der Waals surface area contributed by atoms with Crippen molar-refractivity contribution in [2.24, 2.45) is 4.99 Å². The summed E-state index contributed by atoms with van der Waals surface area (Å²) in [6.45, 7) is 7.58. The van der Waals surface area contributed by atoms with Gasteiger partial charge < -0.3 is 5.32 Å². The van der Waals surface area contributed by atoms with Crippen LogP contribution in [0.15, 0.2) is 53.2 Å². The number of aryl methyl sites for hydroxylation is 4. The predicted molar refractivity (Wildman–Crippen MR) is 113 cm³/mol. The standard InChI is InChI=1S/C21H19F6N2.C2H3N.Cu/c1-12-7-5-8-13(2)18(12)28-16(20(22,23)24)11-17(21(25,26)27)29-19-14(3)9-6-10-15(19)4;1-2-3;/h5-11H,1-4H3;1H3;/q-1;;+1/b16-11-,29-17?;;. The van der Waals surface area contributed by atoms with Crippen LogP contribution in [0.25, 0.3) is 5.32 Å². The van der Waals surface area contributed by atoms with Crippen LogP contribution < -0.4 is 0 Å². The van der Waals surface area contributed by atoms with Gasteiger partial charge in [-0.05, 0) is 44.9 Å². The Hall–Kier alpha value is -2.76. The first kappa shape index (κ1) is 30.2. The molecule has 0 fully saturated rings. The van der Waals surface area contributed by atoms with Gasteiger partial charge in [-0.3, -0.25) is 0 Å². The minimum atomic E-state index is -5.10. The summed E-state index contributed by atoms with van der Waals surface area (Å²) >= 11 is 0. The molecule has 182 valence electrons. The van der Waals surface area contributed by atoms with Crippen molar-refractivity contribution in [3.8, 4) is 6.07 Å². The fraction of sp³-hybridized carbons (Fsp3) is 0.304. The van der Waals surface area contributed by atoms with Crippen molar-refractivity contribution >= 4 is 17.1 Å². The maximum atomic E-state index is 13.5. The first-order valence-corrected chi connectivity index (χ1v) is 9.32. The minimum Gasteiger partial charge on any atom is -0.654 e. The fourth-order valence-corrected chi connectivity index (χ4v) is 2.69. The molecule has 0 saturated heterocycles. The molecule has 0 bridgehead atoms. The molecule has 3 nitrogen and oxygen atoms in total. The Bertz CT molecular complexity index is 1010. The molecule has 0 atom stereocenters. The smallest absolute Gasteiger partial charge is 0.654 e. The summed E-state index contributed by atoms with van der Waals surface area (Å²) in [5, 5.41) is 10.8. The molecule has 0 spiro atoms. The average Bonchev–Trinajstić information content (AvgIpc) is 2.64. The van der Waals surface area contributed by atoms with E-state index in [4.69, 9.17) is 5.26 Å². The molecular formula is C23H22CuF6N3. The monoisotopic (exact) mass is 517 g/mol. The van der Waals surface area contributed by atoms with Gasteiger partial charge in [-0.15, -0.1) is 5.69 Å². The van der Waals surface area contributed by atoms with E-state index in [1.54, 1.807) is 18.2 Å². The Morgan fingerprint density at radius 1 is 0.848 bits per heavy atom. The third-order valence-corrected chi connectivity index (χ3v) is 4.20. The Labute approximate surface area is 199 Å². The van der Waals surface area contributed by atoms with Gasteiger partial charge in [0.1, 0.15) is 5.71 Å². The van der Waals surface area contributed by atoms with E-state index < -0.39 is 23.8 Å². The largest absolute Gasteiger partial charge is 1.00 e. The van der Waals surface area contributed by atoms with Crippen molar-refractivity contribution in [1.82, 2.24) is 0 Å². The molecule has 0 aliphatic carbocycles. The van der Waals surface area contributed by atoms with E-state index in [-0.39, 0.29) is 34.5 Å². The number of rotatable bonds is 4. The summed E-state index contributed by atoms with van der Waals surface area (Å²) in [5.41, 5.74) is -1.72. The second-order valence-electron chi connectivity index (χ2n) is 6.84. The second-order valence-corrected chi connectivity index (χ2v) is 6.84. The summed E-state index contributed by atoms with van der Waals surface area (Å²) in [5.74, 6) is 0. The summed E-state index contributed by atoms with van der Waals surface area (Å²) < 4.78 is 81.2. The Morgan fingerprint density at radius 3 is 1.61 bits per heavy atom. The van der Waals surface area contributed by atoms with Crippen molar-refractivity contribution in [1.29, 1.82) is 5.26 Å². The average molecular weight is 518 g/mol. The third kappa shape index (κ3) is 8.95. The molecule has 0 unspecified atom stereocenters. The van der Waals surface area contributed by atoms with Crippen LogP contribution in [0, 0.1) is 39.0 Å². The minimum absolute atomic E-state index is 0.